The maximum Gasteiger partial charge on any atom is 0.261 e. The molecule has 1 fully saturated rings. The fraction of sp³-hybridized carbons (Fsp3) is 0.429. The van der Waals surface area contributed by atoms with E-state index in [1.165, 1.54) is 16.2 Å². The summed E-state index contributed by atoms with van der Waals surface area (Å²) >= 11 is 1.37. The summed E-state index contributed by atoms with van der Waals surface area (Å²) < 4.78 is 0. The van der Waals surface area contributed by atoms with Crippen LogP contribution in [0.15, 0.2) is 53.1 Å². The van der Waals surface area contributed by atoms with Gasteiger partial charge in [-0.25, -0.2) is 0 Å². The van der Waals surface area contributed by atoms with E-state index in [0.29, 0.717) is 0 Å². The highest BCUT2D eigenvalue weighted by atomic mass is 32.1. The Morgan fingerprint density at radius 3 is 2.47 bits per heavy atom. The highest BCUT2D eigenvalue weighted by Crippen LogP contribution is 2.33. The van der Waals surface area contributed by atoms with E-state index >= 15 is 0 Å². The molecule has 162 valence electrons. The summed E-state index contributed by atoms with van der Waals surface area (Å²) in [6.45, 7) is -1.62. The van der Waals surface area contributed by atoms with Crippen molar-refractivity contribution in [2.45, 2.75) is 24.0 Å². The van der Waals surface area contributed by atoms with Crippen LogP contribution in [0, 0.1) is 5.92 Å². The normalized spacial score (nSPS) is 24.2. The van der Waals surface area contributed by atoms with Crippen LogP contribution in [0.5, 0.6) is 0 Å². The van der Waals surface area contributed by atoms with E-state index in [2.05, 4.69) is 5.32 Å². The first kappa shape index (κ1) is 22.4. The largest absolute Gasteiger partial charge is 0.511 e. The minimum Gasteiger partial charge on any atom is -0.511 e. The van der Waals surface area contributed by atoms with Crippen molar-refractivity contribution in [2.75, 3.05) is 26.9 Å². The zero-order valence-electron chi connectivity index (χ0n) is 16.6. The lowest BCUT2D eigenvalue weighted by atomic mass is 9.81. The van der Waals surface area contributed by atoms with Crippen molar-refractivity contribution in [3.63, 3.8) is 0 Å². The molecular formula is C21H26N2O6S. The number of likely N-dealkylation sites (tertiary alicyclic amines) is 1. The number of nitrogens with one attached hydrogen (secondary N) is 1. The summed E-state index contributed by atoms with van der Waals surface area (Å²) in [4.78, 5) is 28.0. The smallest absolute Gasteiger partial charge is 0.261 e. The lowest BCUT2D eigenvalue weighted by Gasteiger charge is -2.38. The van der Waals surface area contributed by atoms with Crippen LogP contribution in [-0.4, -0.2) is 75.5 Å². The Balaban J connectivity index is 1.94. The molecule has 1 aliphatic carbocycles. The van der Waals surface area contributed by atoms with E-state index in [0.717, 1.165) is 4.88 Å². The number of aliphatic hydroxyl groups excluding tert-OH is 4. The number of hydrogen-bond donors (Lipinski definition) is 5. The van der Waals surface area contributed by atoms with Gasteiger partial charge in [-0.2, -0.15) is 0 Å². The van der Waals surface area contributed by atoms with Crippen molar-refractivity contribution in [3.8, 4) is 0 Å². The second kappa shape index (κ2) is 9.23. The minimum atomic E-state index is -1.39. The van der Waals surface area contributed by atoms with Crippen LogP contribution in [0.3, 0.4) is 0 Å². The second-order valence-electron chi connectivity index (χ2n) is 7.56. The van der Waals surface area contributed by atoms with Gasteiger partial charge in [-0.3, -0.25) is 14.9 Å². The fourth-order valence-electron chi connectivity index (χ4n) is 3.72. The molecule has 9 heteroatoms. The number of thiophene rings is 1. The second-order valence-corrected chi connectivity index (χ2v) is 8.54. The number of aliphatic hydroxyl groups is 4. The average molecular weight is 435 g/mol. The van der Waals surface area contributed by atoms with Crippen LogP contribution in [0.25, 0.3) is 0 Å². The van der Waals surface area contributed by atoms with Crippen LogP contribution in [-0.2, 0) is 9.59 Å². The van der Waals surface area contributed by atoms with E-state index in [1.807, 2.05) is 5.38 Å². The molecule has 5 N–H and O–H groups in total. The quantitative estimate of drug-likeness (QED) is 0.228. The van der Waals surface area contributed by atoms with Crippen LogP contribution in [0.4, 0.5) is 0 Å². The highest BCUT2D eigenvalue weighted by Gasteiger charge is 2.43. The predicted molar refractivity (Wildman–Crippen MR) is 112 cm³/mol. The molecule has 0 saturated carbocycles. The summed E-state index contributed by atoms with van der Waals surface area (Å²) in [6, 6.07) is 2.56. The maximum absolute atomic E-state index is 13.0. The number of likely N-dealkylation sites (N-methyl/N-ethyl adjacent to an activating group) is 1. The number of carbonyl (C=O) groups is 2. The molecule has 3 rings (SSSR count). The lowest BCUT2D eigenvalue weighted by Crippen LogP contribution is -2.56. The Labute approximate surface area is 178 Å². The maximum atomic E-state index is 13.0. The SMILES string of the molecule is CN1C(=O)/C(=C(/O)C[C@H](NC(CO)(CO)CO)c2cccs2)C(=O)[C@H]2C=CC=C[C@H]21. The van der Waals surface area contributed by atoms with Crippen LogP contribution < -0.4 is 5.32 Å². The number of hydrogen-bond acceptors (Lipinski definition) is 8. The van der Waals surface area contributed by atoms with E-state index in [1.54, 1.807) is 43.5 Å². The molecule has 1 aromatic rings. The van der Waals surface area contributed by atoms with Crippen molar-refractivity contribution in [1.82, 2.24) is 10.2 Å². The number of rotatable bonds is 8. The third-order valence-electron chi connectivity index (χ3n) is 5.60. The molecule has 30 heavy (non-hydrogen) atoms. The predicted octanol–water partition coefficient (Wildman–Crippen LogP) is 0.449. The van der Waals surface area contributed by atoms with Crippen molar-refractivity contribution in [2.24, 2.45) is 5.92 Å². The van der Waals surface area contributed by atoms with E-state index in [4.69, 9.17) is 0 Å². The highest BCUT2D eigenvalue weighted by molar-refractivity contribution is 7.10. The summed E-state index contributed by atoms with van der Waals surface area (Å²) in [6.07, 6.45) is 6.89. The van der Waals surface area contributed by atoms with Crippen LogP contribution in [0.1, 0.15) is 17.3 Å². The number of fused-ring (bicyclic) bond motifs is 1. The van der Waals surface area contributed by atoms with Gasteiger partial charge in [-0.15, -0.1) is 11.3 Å². The third kappa shape index (κ3) is 4.12. The Morgan fingerprint density at radius 1 is 1.20 bits per heavy atom. The first-order valence-corrected chi connectivity index (χ1v) is 10.5. The Bertz CT molecular complexity index is 864. The molecule has 2 heterocycles. The third-order valence-corrected chi connectivity index (χ3v) is 6.58. The molecule has 0 radical (unpaired) electrons. The van der Waals surface area contributed by atoms with Crippen LogP contribution >= 0.6 is 11.3 Å². The van der Waals surface area contributed by atoms with Gasteiger partial charge < -0.3 is 25.3 Å². The first-order valence-electron chi connectivity index (χ1n) is 9.59. The number of amides is 1. The summed E-state index contributed by atoms with van der Waals surface area (Å²) in [5.74, 6) is -1.92. The van der Waals surface area contributed by atoms with Crippen LogP contribution in [0.2, 0.25) is 0 Å². The summed E-state index contributed by atoms with van der Waals surface area (Å²) in [5.41, 5.74) is -1.65. The number of ketones is 1. The van der Waals surface area contributed by atoms with Gasteiger partial charge >= 0.3 is 0 Å². The van der Waals surface area contributed by atoms with Gasteiger partial charge in [0, 0.05) is 24.4 Å². The number of allylic oxidation sites excluding steroid dienone is 2. The van der Waals surface area contributed by atoms with Gasteiger partial charge in [0.2, 0.25) is 0 Å². The van der Waals surface area contributed by atoms with Gasteiger partial charge in [0.25, 0.3) is 5.91 Å². The zero-order valence-corrected chi connectivity index (χ0v) is 17.4. The molecule has 0 bridgehead atoms. The van der Waals surface area contributed by atoms with Crippen molar-refractivity contribution in [3.05, 3.63) is 58.0 Å². The Morgan fingerprint density at radius 2 is 1.87 bits per heavy atom. The molecule has 1 saturated heterocycles. The average Bonchev–Trinajstić information content (AvgIpc) is 3.30. The Hall–Kier alpha value is -2.30. The molecule has 0 spiro atoms. The molecular weight excluding hydrogens is 408 g/mol. The summed E-state index contributed by atoms with van der Waals surface area (Å²) in [5, 5.41) is 44.7. The van der Waals surface area contributed by atoms with Crippen molar-refractivity contribution >= 4 is 23.0 Å². The molecule has 1 aliphatic heterocycles. The zero-order chi connectivity index (χ0) is 21.9. The monoisotopic (exact) mass is 434 g/mol. The molecule has 8 nitrogen and oxygen atoms in total. The molecule has 2 aliphatic rings. The van der Waals surface area contributed by atoms with Gasteiger partial charge in [-0.1, -0.05) is 30.4 Å². The number of piperidine rings is 1. The Kier molecular flexibility index (Phi) is 6.89. The van der Waals surface area contributed by atoms with E-state index in [9.17, 15) is 30.0 Å². The van der Waals surface area contributed by atoms with E-state index < -0.39 is 49.0 Å². The first-order chi connectivity index (χ1) is 14.4. The molecule has 0 unspecified atom stereocenters. The van der Waals surface area contributed by atoms with Gasteiger partial charge in [-0.05, 0) is 11.4 Å². The topological polar surface area (TPSA) is 130 Å². The molecule has 1 aromatic heterocycles. The summed E-state index contributed by atoms with van der Waals surface area (Å²) in [7, 11) is 1.59. The van der Waals surface area contributed by atoms with Gasteiger partial charge in [0.1, 0.15) is 11.3 Å². The van der Waals surface area contributed by atoms with Crippen molar-refractivity contribution in [1.29, 1.82) is 0 Å². The standard InChI is InChI=1S/C21H26N2O6S/c1-23-15-6-3-2-5-13(15)19(28)18(20(23)29)16(27)9-14(17-7-4-8-30-17)22-21(10-24,11-25)12-26/h2-8,13-15,22,24-27H,9-12H2,1H3/b18-16+/t13-,14-,15+/m0/s1. The van der Waals surface area contributed by atoms with Gasteiger partial charge in [0.05, 0.1) is 37.3 Å². The molecule has 1 amide bonds. The molecule has 0 aromatic carbocycles. The molecule has 3 atom stereocenters. The minimum absolute atomic E-state index is 0.125. The fourth-order valence-corrected chi connectivity index (χ4v) is 4.50. The van der Waals surface area contributed by atoms with Gasteiger partial charge in [0.15, 0.2) is 5.78 Å². The van der Waals surface area contributed by atoms with Crippen molar-refractivity contribution < 1.29 is 30.0 Å². The number of carbonyl (C=O) groups excluding carboxylic acids is 2. The number of nitrogens with zero attached hydrogens (tertiary/aromatic N) is 1. The number of Topliss-reactive ketones (excluding diaryl/α,β-unsaturated/α-hetero) is 1. The lowest BCUT2D eigenvalue weighted by molar-refractivity contribution is -0.136. The van der Waals surface area contributed by atoms with E-state index in [-0.39, 0.29) is 23.8 Å².